The zero-order valence-electron chi connectivity index (χ0n) is 7.75. The van der Waals surface area contributed by atoms with E-state index in [4.69, 9.17) is 4.74 Å². The van der Waals surface area contributed by atoms with Gasteiger partial charge in [-0.25, -0.2) is 0 Å². The SMILES string of the molecule is CCOC(=O)C1CCSCCC1=O. The third kappa shape index (κ3) is 3.03. The van der Waals surface area contributed by atoms with Crippen molar-refractivity contribution in [3.05, 3.63) is 0 Å². The van der Waals surface area contributed by atoms with Gasteiger partial charge in [0.1, 0.15) is 11.7 Å². The van der Waals surface area contributed by atoms with Crippen molar-refractivity contribution in [3.63, 3.8) is 0 Å². The van der Waals surface area contributed by atoms with E-state index >= 15 is 0 Å². The van der Waals surface area contributed by atoms with Gasteiger partial charge in [-0.2, -0.15) is 11.8 Å². The molecule has 0 bridgehead atoms. The number of carbonyl (C=O) groups is 2. The van der Waals surface area contributed by atoms with Crippen LogP contribution in [0.3, 0.4) is 0 Å². The van der Waals surface area contributed by atoms with Gasteiger partial charge in [0.2, 0.25) is 0 Å². The number of hydrogen-bond donors (Lipinski definition) is 0. The molecule has 0 saturated carbocycles. The molecule has 1 saturated heterocycles. The minimum atomic E-state index is -0.491. The fourth-order valence-electron chi connectivity index (χ4n) is 1.30. The molecule has 0 aliphatic carbocycles. The second-order valence-corrected chi connectivity index (χ2v) is 4.15. The minimum absolute atomic E-state index is 0.0449. The van der Waals surface area contributed by atoms with Gasteiger partial charge in [-0.05, 0) is 19.1 Å². The Labute approximate surface area is 82.2 Å². The summed E-state index contributed by atoms with van der Waals surface area (Å²) in [5.74, 6) is 0.942. The molecule has 0 aromatic heterocycles. The summed E-state index contributed by atoms with van der Waals surface area (Å²) in [5, 5.41) is 0. The zero-order valence-corrected chi connectivity index (χ0v) is 8.56. The second-order valence-electron chi connectivity index (χ2n) is 2.92. The van der Waals surface area contributed by atoms with Crippen molar-refractivity contribution in [2.75, 3.05) is 18.1 Å². The minimum Gasteiger partial charge on any atom is -0.465 e. The maximum absolute atomic E-state index is 11.4. The first-order valence-corrected chi connectivity index (χ1v) is 5.68. The largest absolute Gasteiger partial charge is 0.465 e. The Morgan fingerprint density at radius 3 is 3.08 bits per heavy atom. The molecule has 1 unspecified atom stereocenters. The van der Waals surface area contributed by atoms with Crippen LogP contribution in [0.1, 0.15) is 19.8 Å². The molecule has 3 nitrogen and oxygen atoms in total. The molecule has 1 fully saturated rings. The van der Waals surface area contributed by atoms with Crippen LogP contribution in [0.5, 0.6) is 0 Å². The molecule has 1 aliphatic rings. The Kier molecular flexibility index (Phi) is 4.28. The van der Waals surface area contributed by atoms with Crippen molar-refractivity contribution in [1.82, 2.24) is 0 Å². The standard InChI is InChI=1S/C9H14O3S/c1-2-12-9(11)7-3-5-13-6-4-8(7)10/h7H,2-6H2,1H3. The number of ether oxygens (including phenoxy) is 1. The van der Waals surface area contributed by atoms with Crippen LogP contribution < -0.4 is 0 Å². The monoisotopic (exact) mass is 202 g/mol. The summed E-state index contributed by atoms with van der Waals surface area (Å²) >= 11 is 1.73. The van der Waals surface area contributed by atoms with Crippen molar-refractivity contribution in [3.8, 4) is 0 Å². The Bertz CT molecular complexity index is 203. The molecule has 74 valence electrons. The van der Waals surface area contributed by atoms with Crippen molar-refractivity contribution < 1.29 is 14.3 Å². The van der Waals surface area contributed by atoms with Gasteiger partial charge in [-0.3, -0.25) is 9.59 Å². The van der Waals surface area contributed by atoms with E-state index in [1.54, 1.807) is 18.7 Å². The quantitative estimate of drug-likeness (QED) is 0.499. The summed E-state index contributed by atoms with van der Waals surface area (Å²) in [6.07, 6.45) is 1.15. The number of ketones is 1. The molecule has 1 aliphatic heterocycles. The summed E-state index contributed by atoms with van der Waals surface area (Å²) in [6.45, 7) is 2.11. The van der Waals surface area contributed by atoms with Gasteiger partial charge in [-0.15, -0.1) is 0 Å². The van der Waals surface area contributed by atoms with Crippen LogP contribution in [0.2, 0.25) is 0 Å². The lowest BCUT2D eigenvalue weighted by molar-refractivity contribution is -0.151. The first-order chi connectivity index (χ1) is 6.25. The smallest absolute Gasteiger partial charge is 0.316 e. The molecule has 4 heteroatoms. The van der Waals surface area contributed by atoms with E-state index in [2.05, 4.69) is 0 Å². The summed E-state index contributed by atoms with van der Waals surface area (Å²) in [4.78, 5) is 22.7. The highest BCUT2D eigenvalue weighted by Gasteiger charge is 2.28. The van der Waals surface area contributed by atoms with Crippen molar-refractivity contribution >= 4 is 23.5 Å². The molecule has 0 N–H and O–H groups in total. The molecule has 1 rings (SSSR count). The molecular formula is C9H14O3S. The molecule has 0 aromatic rings. The summed E-state index contributed by atoms with van der Waals surface area (Å²) in [6, 6.07) is 0. The lowest BCUT2D eigenvalue weighted by atomic mass is 10.00. The van der Waals surface area contributed by atoms with Crippen LogP contribution >= 0.6 is 11.8 Å². The lowest BCUT2D eigenvalue weighted by Crippen LogP contribution is -2.25. The predicted octanol–water partition coefficient (Wildman–Crippen LogP) is 1.26. The first kappa shape index (κ1) is 10.6. The zero-order chi connectivity index (χ0) is 9.68. The van der Waals surface area contributed by atoms with Crippen LogP contribution in [0, 0.1) is 5.92 Å². The van der Waals surface area contributed by atoms with Gasteiger partial charge >= 0.3 is 5.97 Å². The van der Waals surface area contributed by atoms with Gasteiger partial charge in [0.15, 0.2) is 0 Å². The fourth-order valence-corrected chi connectivity index (χ4v) is 2.26. The van der Waals surface area contributed by atoms with Crippen molar-refractivity contribution in [2.24, 2.45) is 5.92 Å². The Morgan fingerprint density at radius 2 is 2.38 bits per heavy atom. The van der Waals surface area contributed by atoms with E-state index in [-0.39, 0.29) is 11.8 Å². The average Bonchev–Trinajstić information content (AvgIpc) is 2.30. The molecular weight excluding hydrogens is 188 g/mol. The van der Waals surface area contributed by atoms with Crippen molar-refractivity contribution in [1.29, 1.82) is 0 Å². The molecule has 1 atom stereocenters. The molecule has 0 aromatic carbocycles. The number of rotatable bonds is 2. The van der Waals surface area contributed by atoms with Crippen molar-refractivity contribution in [2.45, 2.75) is 19.8 Å². The molecule has 13 heavy (non-hydrogen) atoms. The van der Waals surface area contributed by atoms with E-state index in [0.717, 1.165) is 11.5 Å². The van der Waals surface area contributed by atoms with Gasteiger partial charge in [0.25, 0.3) is 0 Å². The number of Topliss-reactive ketones (excluding diaryl/α,β-unsaturated/α-hetero) is 1. The summed E-state index contributed by atoms with van der Waals surface area (Å²) in [7, 11) is 0. The molecule has 0 radical (unpaired) electrons. The van der Waals surface area contributed by atoms with E-state index in [1.807, 2.05) is 0 Å². The van der Waals surface area contributed by atoms with Crippen LogP contribution in [0.4, 0.5) is 0 Å². The van der Waals surface area contributed by atoms with Gasteiger partial charge < -0.3 is 4.74 Å². The number of hydrogen-bond acceptors (Lipinski definition) is 4. The van der Waals surface area contributed by atoms with E-state index in [0.29, 0.717) is 19.4 Å². The second kappa shape index (κ2) is 5.27. The van der Waals surface area contributed by atoms with Crippen LogP contribution in [-0.2, 0) is 14.3 Å². The first-order valence-electron chi connectivity index (χ1n) is 4.52. The van der Waals surface area contributed by atoms with Crippen LogP contribution in [-0.4, -0.2) is 29.9 Å². The summed E-state index contributed by atoms with van der Waals surface area (Å²) < 4.78 is 4.84. The topological polar surface area (TPSA) is 43.4 Å². The van der Waals surface area contributed by atoms with Crippen LogP contribution in [0.25, 0.3) is 0 Å². The Morgan fingerprint density at radius 1 is 1.62 bits per heavy atom. The number of carbonyl (C=O) groups excluding carboxylic acids is 2. The molecule has 0 spiro atoms. The summed E-state index contributed by atoms with van der Waals surface area (Å²) in [5.41, 5.74) is 0. The lowest BCUT2D eigenvalue weighted by Gasteiger charge is -2.10. The third-order valence-electron chi connectivity index (χ3n) is 2.00. The van der Waals surface area contributed by atoms with Gasteiger partial charge in [0.05, 0.1) is 6.61 Å². The Balaban J connectivity index is 2.53. The van der Waals surface area contributed by atoms with E-state index in [1.165, 1.54) is 0 Å². The Hall–Kier alpha value is -0.510. The normalized spacial score (nSPS) is 23.8. The maximum Gasteiger partial charge on any atom is 0.316 e. The maximum atomic E-state index is 11.4. The molecule has 1 heterocycles. The average molecular weight is 202 g/mol. The van der Waals surface area contributed by atoms with Crippen LogP contribution in [0.15, 0.2) is 0 Å². The predicted molar refractivity (Wildman–Crippen MR) is 51.7 cm³/mol. The number of esters is 1. The van der Waals surface area contributed by atoms with E-state index in [9.17, 15) is 9.59 Å². The van der Waals surface area contributed by atoms with E-state index < -0.39 is 5.92 Å². The van der Waals surface area contributed by atoms with Gasteiger partial charge in [0, 0.05) is 12.2 Å². The highest BCUT2D eigenvalue weighted by Crippen LogP contribution is 2.20. The fraction of sp³-hybridized carbons (Fsp3) is 0.778. The molecule has 0 amide bonds. The van der Waals surface area contributed by atoms with Gasteiger partial charge in [-0.1, -0.05) is 0 Å². The highest BCUT2D eigenvalue weighted by atomic mass is 32.2. The number of thioether (sulfide) groups is 1. The highest BCUT2D eigenvalue weighted by molar-refractivity contribution is 7.99. The third-order valence-corrected chi connectivity index (χ3v) is 3.02.